The molecule has 2 heterocycles. The SMILES string of the molecule is CSC(C)Cn1cncc1C1CN(C(=O)OC(C)(C)C)C1. The highest BCUT2D eigenvalue weighted by molar-refractivity contribution is 7.99. The number of thioether (sulfide) groups is 1. The molecule has 1 saturated heterocycles. The third kappa shape index (κ3) is 4.15. The number of ether oxygens (including phenoxy) is 1. The highest BCUT2D eigenvalue weighted by Gasteiger charge is 2.36. The van der Waals surface area contributed by atoms with E-state index < -0.39 is 5.60 Å². The molecule has 1 atom stereocenters. The van der Waals surface area contributed by atoms with Gasteiger partial charge in [-0.2, -0.15) is 11.8 Å². The summed E-state index contributed by atoms with van der Waals surface area (Å²) in [5.41, 5.74) is 0.785. The van der Waals surface area contributed by atoms with Gasteiger partial charge in [0.15, 0.2) is 0 Å². The molecular formula is C15H25N3O2S. The van der Waals surface area contributed by atoms with Crippen molar-refractivity contribution >= 4 is 17.9 Å². The molecule has 0 spiro atoms. The molecule has 1 amide bonds. The molecule has 0 aliphatic carbocycles. The molecule has 118 valence electrons. The average Bonchev–Trinajstić information content (AvgIpc) is 2.72. The molecular weight excluding hydrogens is 286 g/mol. The van der Waals surface area contributed by atoms with Gasteiger partial charge in [0.1, 0.15) is 5.60 Å². The van der Waals surface area contributed by atoms with Crippen molar-refractivity contribution in [1.29, 1.82) is 0 Å². The zero-order chi connectivity index (χ0) is 15.6. The molecule has 0 radical (unpaired) electrons. The van der Waals surface area contributed by atoms with Crippen LogP contribution in [0.2, 0.25) is 0 Å². The summed E-state index contributed by atoms with van der Waals surface area (Å²) in [5, 5.41) is 0.556. The van der Waals surface area contributed by atoms with Gasteiger partial charge in [-0.3, -0.25) is 0 Å². The van der Waals surface area contributed by atoms with Gasteiger partial charge in [-0.15, -0.1) is 0 Å². The number of nitrogens with zero attached hydrogens (tertiary/aromatic N) is 3. The molecule has 1 aromatic heterocycles. The van der Waals surface area contributed by atoms with Gasteiger partial charge in [0.2, 0.25) is 0 Å². The average molecular weight is 311 g/mol. The molecule has 0 bridgehead atoms. The van der Waals surface area contributed by atoms with Crippen LogP contribution in [0.25, 0.3) is 0 Å². The Kier molecular flexibility index (Phi) is 4.86. The van der Waals surface area contributed by atoms with Crippen molar-refractivity contribution in [3.05, 3.63) is 18.2 Å². The summed E-state index contributed by atoms with van der Waals surface area (Å²) in [6.07, 6.45) is 5.71. The first-order valence-corrected chi connectivity index (χ1v) is 8.59. The highest BCUT2D eigenvalue weighted by atomic mass is 32.2. The predicted octanol–water partition coefficient (Wildman–Crippen LogP) is 2.97. The Morgan fingerprint density at radius 2 is 2.19 bits per heavy atom. The van der Waals surface area contributed by atoms with Crippen LogP contribution in [0.4, 0.5) is 4.79 Å². The topological polar surface area (TPSA) is 47.4 Å². The van der Waals surface area contributed by atoms with Crippen LogP contribution in [0, 0.1) is 0 Å². The van der Waals surface area contributed by atoms with Crippen molar-refractivity contribution in [2.24, 2.45) is 0 Å². The lowest BCUT2D eigenvalue weighted by molar-refractivity contribution is 0.00758. The summed E-state index contributed by atoms with van der Waals surface area (Å²) in [4.78, 5) is 18.0. The van der Waals surface area contributed by atoms with Crippen LogP contribution in [0.3, 0.4) is 0 Å². The van der Waals surface area contributed by atoms with Crippen molar-refractivity contribution in [3.8, 4) is 0 Å². The van der Waals surface area contributed by atoms with Crippen LogP contribution in [-0.4, -0.2) is 50.7 Å². The van der Waals surface area contributed by atoms with Gasteiger partial charge in [-0.25, -0.2) is 9.78 Å². The first-order valence-electron chi connectivity index (χ1n) is 7.31. The van der Waals surface area contributed by atoms with Gasteiger partial charge in [-0.1, -0.05) is 6.92 Å². The molecule has 0 N–H and O–H groups in total. The van der Waals surface area contributed by atoms with Gasteiger partial charge in [0.25, 0.3) is 0 Å². The largest absolute Gasteiger partial charge is 0.444 e. The zero-order valence-electron chi connectivity index (χ0n) is 13.5. The lowest BCUT2D eigenvalue weighted by atomic mass is 9.97. The molecule has 5 nitrogen and oxygen atoms in total. The molecule has 2 rings (SSSR count). The maximum atomic E-state index is 11.9. The van der Waals surface area contributed by atoms with E-state index >= 15 is 0 Å². The Bertz CT molecular complexity index is 489. The van der Waals surface area contributed by atoms with Gasteiger partial charge in [0, 0.05) is 42.7 Å². The van der Waals surface area contributed by atoms with Crippen LogP contribution < -0.4 is 0 Å². The van der Waals surface area contributed by atoms with Gasteiger partial charge < -0.3 is 14.2 Å². The number of hydrogen-bond donors (Lipinski definition) is 0. The fourth-order valence-electron chi connectivity index (χ4n) is 2.32. The van der Waals surface area contributed by atoms with Crippen molar-refractivity contribution in [1.82, 2.24) is 14.5 Å². The molecule has 0 saturated carbocycles. The maximum Gasteiger partial charge on any atom is 0.410 e. The van der Waals surface area contributed by atoms with E-state index in [1.54, 1.807) is 4.90 Å². The number of amides is 1. The molecule has 6 heteroatoms. The zero-order valence-corrected chi connectivity index (χ0v) is 14.3. The molecule has 1 fully saturated rings. The van der Waals surface area contributed by atoms with Crippen LogP contribution in [0.1, 0.15) is 39.3 Å². The van der Waals surface area contributed by atoms with E-state index in [-0.39, 0.29) is 6.09 Å². The minimum absolute atomic E-state index is 0.220. The number of aromatic nitrogens is 2. The van der Waals surface area contributed by atoms with Crippen LogP contribution >= 0.6 is 11.8 Å². The second kappa shape index (κ2) is 6.30. The van der Waals surface area contributed by atoms with Crippen molar-refractivity contribution < 1.29 is 9.53 Å². The number of likely N-dealkylation sites (tertiary alicyclic amines) is 1. The van der Waals surface area contributed by atoms with Crippen molar-refractivity contribution in [2.75, 3.05) is 19.3 Å². The maximum absolute atomic E-state index is 11.9. The van der Waals surface area contributed by atoms with Gasteiger partial charge in [0.05, 0.1) is 6.33 Å². The van der Waals surface area contributed by atoms with Crippen LogP contribution in [0.5, 0.6) is 0 Å². The van der Waals surface area contributed by atoms with Crippen LogP contribution in [0.15, 0.2) is 12.5 Å². The third-order valence-corrected chi connectivity index (χ3v) is 4.51. The van der Waals surface area contributed by atoms with Crippen LogP contribution in [-0.2, 0) is 11.3 Å². The lowest BCUT2D eigenvalue weighted by Gasteiger charge is -2.40. The monoisotopic (exact) mass is 311 g/mol. The second-order valence-corrected chi connectivity index (χ2v) is 7.88. The smallest absolute Gasteiger partial charge is 0.410 e. The molecule has 1 unspecified atom stereocenters. The van der Waals surface area contributed by atoms with E-state index in [0.29, 0.717) is 24.3 Å². The fraction of sp³-hybridized carbons (Fsp3) is 0.733. The Hall–Kier alpha value is -1.17. The molecule has 1 aliphatic heterocycles. The Labute approximate surface area is 131 Å². The van der Waals surface area contributed by atoms with E-state index in [2.05, 4.69) is 22.7 Å². The Morgan fingerprint density at radius 1 is 1.52 bits per heavy atom. The predicted molar refractivity (Wildman–Crippen MR) is 85.8 cm³/mol. The van der Waals surface area contributed by atoms with E-state index in [0.717, 1.165) is 6.54 Å². The van der Waals surface area contributed by atoms with Gasteiger partial charge in [-0.05, 0) is 27.0 Å². The quantitative estimate of drug-likeness (QED) is 0.857. The Morgan fingerprint density at radius 3 is 2.76 bits per heavy atom. The number of carbonyl (C=O) groups is 1. The number of imidazole rings is 1. The van der Waals surface area contributed by atoms with E-state index in [1.165, 1.54) is 5.69 Å². The number of hydrogen-bond acceptors (Lipinski definition) is 4. The molecule has 0 aromatic carbocycles. The summed E-state index contributed by atoms with van der Waals surface area (Å²) in [7, 11) is 0. The van der Waals surface area contributed by atoms with Crippen molar-refractivity contribution in [2.45, 2.75) is 51.0 Å². The summed E-state index contributed by atoms with van der Waals surface area (Å²) in [5.74, 6) is 0.370. The third-order valence-electron chi connectivity index (χ3n) is 3.55. The second-order valence-electron chi connectivity index (χ2n) is 6.60. The van der Waals surface area contributed by atoms with E-state index in [9.17, 15) is 4.79 Å². The van der Waals surface area contributed by atoms with Crippen molar-refractivity contribution in [3.63, 3.8) is 0 Å². The highest BCUT2D eigenvalue weighted by Crippen LogP contribution is 2.28. The lowest BCUT2D eigenvalue weighted by Crippen LogP contribution is -2.50. The summed E-state index contributed by atoms with van der Waals surface area (Å²) in [6.45, 7) is 10.3. The molecule has 1 aromatic rings. The van der Waals surface area contributed by atoms with E-state index in [1.807, 2.05) is 45.1 Å². The fourth-order valence-corrected chi connectivity index (χ4v) is 2.63. The summed E-state index contributed by atoms with van der Waals surface area (Å²) < 4.78 is 7.59. The standard InChI is InChI=1S/C15H25N3O2S/c1-11(21-5)7-18-10-16-6-13(18)12-8-17(9-12)14(19)20-15(2,3)4/h6,10-12H,7-9H2,1-5H3. The summed E-state index contributed by atoms with van der Waals surface area (Å²) in [6, 6.07) is 0. The number of rotatable bonds is 4. The molecule has 21 heavy (non-hydrogen) atoms. The van der Waals surface area contributed by atoms with Gasteiger partial charge >= 0.3 is 6.09 Å². The number of carbonyl (C=O) groups excluding carboxylic acids is 1. The first-order chi connectivity index (χ1) is 9.80. The normalized spacial score (nSPS) is 17.5. The van der Waals surface area contributed by atoms with E-state index in [4.69, 9.17) is 4.74 Å². The minimum atomic E-state index is -0.433. The molecule has 1 aliphatic rings. The minimum Gasteiger partial charge on any atom is -0.444 e. The Balaban J connectivity index is 1.90. The summed E-state index contributed by atoms with van der Waals surface area (Å²) >= 11 is 1.85. The first kappa shape index (κ1) is 16.2.